The second-order valence-electron chi connectivity index (χ2n) is 9.88. The largest absolute Gasteiger partial charge is 0.381 e. The van der Waals surface area contributed by atoms with Crippen molar-refractivity contribution in [2.45, 2.75) is 45.7 Å². The molecule has 1 aliphatic heterocycles. The average Bonchev–Trinajstić information content (AvgIpc) is 3.23. The summed E-state index contributed by atoms with van der Waals surface area (Å²) in [6.07, 6.45) is 7.68. The number of nitrogen functional groups attached to an aromatic ring is 1. The lowest BCUT2D eigenvalue weighted by Gasteiger charge is -2.41. The summed E-state index contributed by atoms with van der Waals surface area (Å²) in [5, 5.41) is 7.15. The van der Waals surface area contributed by atoms with Gasteiger partial charge in [-0.25, -0.2) is 9.50 Å². The van der Waals surface area contributed by atoms with Crippen LogP contribution in [-0.4, -0.2) is 43.8 Å². The number of fused-ring (bicyclic) bond motifs is 2. The minimum atomic E-state index is -0.822. The van der Waals surface area contributed by atoms with Gasteiger partial charge in [-0.3, -0.25) is 19.5 Å². The van der Waals surface area contributed by atoms with Crippen LogP contribution in [0.5, 0.6) is 0 Å². The SMILES string of the molecule is CC(C)C#CC1=C2C(=O)N(c3ccccc3)C(C(C)NC(=O)c3c(N)nn4cccnc34)=NC2(C)CC=C1. The van der Waals surface area contributed by atoms with Crippen LogP contribution < -0.4 is 16.0 Å². The Hall–Kier alpha value is -4.71. The minimum absolute atomic E-state index is 0.0675. The first kappa shape index (κ1) is 25.0. The smallest absolute Gasteiger partial charge is 0.263 e. The molecule has 2 unspecified atom stereocenters. The molecule has 3 N–H and O–H groups in total. The van der Waals surface area contributed by atoms with E-state index in [9.17, 15) is 9.59 Å². The normalized spacial score (nSPS) is 19.7. The van der Waals surface area contributed by atoms with Crippen molar-refractivity contribution in [3.05, 3.63) is 77.7 Å². The molecule has 0 saturated carbocycles. The van der Waals surface area contributed by atoms with Gasteiger partial charge in [-0.05, 0) is 44.5 Å². The highest BCUT2D eigenvalue weighted by atomic mass is 16.2. The molecule has 1 aliphatic carbocycles. The Labute approximate surface area is 221 Å². The van der Waals surface area contributed by atoms with Gasteiger partial charge in [0, 0.05) is 23.9 Å². The van der Waals surface area contributed by atoms with Crippen LogP contribution in [0.25, 0.3) is 5.65 Å². The van der Waals surface area contributed by atoms with Crippen LogP contribution in [0.2, 0.25) is 0 Å². The summed E-state index contributed by atoms with van der Waals surface area (Å²) in [7, 11) is 0. The number of aromatic nitrogens is 3. The van der Waals surface area contributed by atoms with Gasteiger partial charge >= 0.3 is 0 Å². The molecule has 3 heterocycles. The van der Waals surface area contributed by atoms with Crippen LogP contribution in [0.4, 0.5) is 11.5 Å². The molecule has 2 aliphatic rings. The lowest BCUT2D eigenvalue weighted by molar-refractivity contribution is -0.115. The molecule has 2 amide bonds. The monoisotopic (exact) mass is 507 g/mol. The number of rotatable bonds is 4. The molecule has 0 saturated heterocycles. The van der Waals surface area contributed by atoms with Crippen LogP contribution in [0.3, 0.4) is 0 Å². The van der Waals surface area contributed by atoms with E-state index in [1.165, 1.54) is 4.52 Å². The summed E-state index contributed by atoms with van der Waals surface area (Å²) in [5.74, 6) is 6.36. The first-order chi connectivity index (χ1) is 18.2. The number of allylic oxidation sites excluding steroid dienone is 2. The molecular weight excluding hydrogens is 478 g/mol. The highest BCUT2D eigenvalue weighted by molar-refractivity contribution is 6.27. The lowest BCUT2D eigenvalue weighted by Crippen LogP contribution is -2.56. The van der Waals surface area contributed by atoms with Crippen molar-refractivity contribution in [3.8, 4) is 11.8 Å². The van der Waals surface area contributed by atoms with E-state index < -0.39 is 17.5 Å². The van der Waals surface area contributed by atoms with Crippen molar-refractivity contribution in [3.63, 3.8) is 0 Å². The summed E-state index contributed by atoms with van der Waals surface area (Å²) in [6.45, 7) is 7.75. The summed E-state index contributed by atoms with van der Waals surface area (Å²) in [4.78, 5) is 38.5. The number of carbonyl (C=O) groups excluding carboxylic acids is 2. The van der Waals surface area contributed by atoms with Crippen LogP contribution >= 0.6 is 0 Å². The third-order valence-electron chi connectivity index (χ3n) is 6.51. The molecule has 0 radical (unpaired) electrons. The number of aliphatic imine (C=N–C) groups is 1. The first-order valence-corrected chi connectivity index (χ1v) is 12.5. The number of hydrogen-bond donors (Lipinski definition) is 2. The fourth-order valence-corrected chi connectivity index (χ4v) is 4.75. The summed E-state index contributed by atoms with van der Waals surface area (Å²) < 4.78 is 1.46. The first-order valence-electron chi connectivity index (χ1n) is 12.5. The molecule has 38 heavy (non-hydrogen) atoms. The van der Waals surface area contributed by atoms with E-state index in [0.717, 1.165) is 0 Å². The maximum absolute atomic E-state index is 14.2. The molecule has 5 rings (SSSR count). The zero-order chi connectivity index (χ0) is 27.0. The standard InChI is InChI=1S/C29H29N7O2/c1-18(2)13-14-20-10-8-15-29(4)23(20)28(38)36(21-11-6-5-7-12-21)25(33-29)19(3)32-27(37)22-24(30)34-35-17-9-16-31-26(22)35/h5-12,16-19H,15H2,1-4H3,(H2,30,34)(H,32,37). The maximum atomic E-state index is 14.2. The number of para-hydroxylation sites is 1. The number of hydrogen-bond acceptors (Lipinski definition) is 6. The van der Waals surface area contributed by atoms with Gasteiger partial charge in [0.1, 0.15) is 11.4 Å². The number of nitrogens with zero attached hydrogens (tertiary/aromatic N) is 5. The summed E-state index contributed by atoms with van der Waals surface area (Å²) in [6, 6.07) is 10.3. The number of nitrogens with one attached hydrogen (secondary N) is 1. The zero-order valence-corrected chi connectivity index (χ0v) is 21.8. The molecule has 0 fully saturated rings. The molecule has 192 valence electrons. The third-order valence-corrected chi connectivity index (χ3v) is 6.51. The van der Waals surface area contributed by atoms with Crippen LogP contribution in [0.1, 0.15) is 44.5 Å². The molecule has 9 heteroatoms. The number of amidine groups is 1. The fraction of sp³-hybridized carbons (Fsp3) is 0.276. The Morgan fingerprint density at radius 2 is 1.95 bits per heavy atom. The summed E-state index contributed by atoms with van der Waals surface area (Å²) in [5.41, 5.74) is 7.63. The third kappa shape index (κ3) is 4.34. The van der Waals surface area contributed by atoms with Gasteiger partial charge in [0.05, 0.1) is 22.8 Å². The number of amides is 2. The lowest BCUT2D eigenvalue weighted by atomic mass is 9.79. The number of carbonyl (C=O) groups is 2. The van der Waals surface area contributed by atoms with E-state index in [0.29, 0.717) is 34.7 Å². The maximum Gasteiger partial charge on any atom is 0.263 e. The topological polar surface area (TPSA) is 118 Å². The minimum Gasteiger partial charge on any atom is -0.381 e. The van der Waals surface area contributed by atoms with Crippen molar-refractivity contribution in [2.75, 3.05) is 10.6 Å². The van der Waals surface area contributed by atoms with Crippen molar-refractivity contribution in [1.29, 1.82) is 0 Å². The van der Waals surface area contributed by atoms with Crippen molar-refractivity contribution in [2.24, 2.45) is 10.9 Å². The van der Waals surface area contributed by atoms with Gasteiger partial charge < -0.3 is 11.1 Å². The predicted molar refractivity (Wildman–Crippen MR) is 147 cm³/mol. The fourth-order valence-electron chi connectivity index (χ4n) is 4.75. The molecule has 0 spiro atoms. The second-order valence-corrected chi connectivity index (χ2v) is 9.88. The van der Waals surface area contributed by atoms with Crippen molar-refractivity contribution >= 4 is 34.8 Å². The molecular formula is C29H29N7O2. The number of benzene rings is 1. The molecule has 9 nitrogen and oxygen atoms in total. The van der Waals surface area contributed by atoms with Crippen molar-refractivity contribution in [1.82, 2.24) is 19.9 Å². The van der Waals surface area contributed by atoms with E-state index in [1.54, 1.807) is 30.3 Å². The molecule has 1 aromatic carbocycles. The van der Waals surface area contributed by atoms with E-state index >= 15 is 0 Å². The van der Waals surface area contributed by atoms with Crippen LogP contribution in [0.15, 0.2) is 77.1 Å². The van der Waals surface area contributed by atoms with Gasteiger partial charge in [-0.2, -0.15) is 0 Å². The highest BCUT2D eigenvalue weighted by Crippen LogP contribution is 2.39. The van der Waals surface area contributed by atoms with Crippen LogP contribution in [0, 0.1) is 17.8 Å². The van der Waals surface area contributed by atoms with Gasteiger partial charge in [0.15, 0.2) is 11.5 Å². The second kappa shape index (κ2) is 9.63. The highest BCUT2D eigenvalue weighted by Gasteiger charge is 2.45. The quantitative estimate of drug-likeness (QED) is 0.524. The van der Waals surface area contributed by atoms with E-state index in [2.05, 4.69) is 27.2 Å². The molecule has 2 aromatic heterocycles. The Balaban J connectivity index is 1.59. The Morgan fingerprint density at radius 3 is 2.68 bits per heavy atom. The number of nitrogens with two attached hydrogens (primary N) is 1. The predicted octanol–water partition coefficient (Wildman–Crippen LogP) is 3.55. The van der Waals surface area contributed by atoms with Gasteiger partial charge in [-0.15, -0.1) is 5.10 Å². The van der Waals surface area contributed by atoms with Crippen molar-refractivity contribution < 1.29 is 9.59 Å². The van der Waals surface area contributed by atoms with E-state index in [4.69, 9.17) is 10.7 Å². The van der Waals surface area contributed by atoms with Gasteiger partial charge in [0.25, 0.3) is 11.8 Å². The zero-order valence-electron chi connectivity index (χ0n) is 21.8. The Morgan fingerprint density at radius 1 is 1.18 bits per heavy atom. The Bertz CT molecular complexity index is 1590. The average molecular weight is 508 g/mol. The van der Waals surface area contributed by atoms with E-state index in [-0.39, 0.29) is 23.2 Å². The number of anilines is 2. The molecule has 2 atom stereocenters. The van der Waals surface area contributed by atoms with Gasteiger partial charge in [-0.1, -0.05) is 50.0 Å². The molecule has 3 aromatic rings. The van der Waals surface area contributed by atoms with Crippen LogP contribution in [-0.2, 0) is 4.79 Å². The molecule has 0 bridgehead atoms. The van der Waals surface area contributed by atoms with E-state index in [1.807, 2.05) is 63.3 Å². The summed E-state index contributed by atoms with van der Waals surface area (Å²) >= 11 is 0. The Kier molecular flexibility index (Phi) is 6.33. The van der Waals surface area contributed by atoms with Gasteiger partial charge in [0.2, 0.25) is 0 Å².